The number of aromatic nitrogens is 5. The van der Waals surface area contributed by atoms with Crippen molar-refractivity contribution in [2.24, 2.45) is 0 Å². The van der Waals surface area contributed by atoms with E-state index in [-0.39, 0.29) is 0 Å². The zero-order valence-corrected chi connectivity index (χ0v) is 17.5. The molecule has 3 N–H and O–H groups in total. The first-order chi connectivity index (χ1) is 15.2. The molecule has 5 rings (SSSR count). The van der Waals surface area contributed by atoms with E-state index in [0.29, 0.717) is 29.5 Å². The molecule has 0 saturated heterocycles. The van der Waals surface area contributed by atoms with Crippen molar-refractivity contribution < 1.29 is 0 Å². The summed E-state index contributed by atoms with van der Waals surface area (Å²) in [7, 11) is 0. The first kappa shape index (κ1) is 19.0. The van der Waals surface area contributed by atoms with Crippen molar-refractivity contribution >= 4 is 39.5 Å². The van der Waals surface area contributed by atoms with E-state index >= 15 is 0 Å². The Morgan fingerprint density at radius 2 is 1.81 bits per heavy atom. The average Bonchev–Trinajstić information content (AvgIpc) is 3.19. The van der Waals surface area contributed by atoms with Crippen LogP contribution in [0, 0.1) is 13.8 Å². The normalized spacial score (nSPS) is 11.2. The summed E-state index contributed by atoms with van der Waals surface area (Å²) in [5, 5.41) is 7.97. The maximum absolute atomic E-state index is 4.69. The van der Waals surface area contributed by atoms with Crippen LogP contribution in [-0.2, 0) is 6.42 Å². The van der Waals surface area contributed by atoms with Crippen LogP contribution in [0.1, 0.15) is 16.8 Å². The highest BCUT2D eigenvalue weighted by Gasteiger charge is 2.11. The van der Waals surface area contributed by atoms with Crippen molar-refractivity contribution in [2.45, 2.75) is 20.3 Å². The summed E-state index contributed by atoms with van der Waals surface area (Å²) in [5.41, 5.74) is 6.82. The molecule has 5 aromatic rings. The molecule has 3 heterocycles. The molecule has 0 saturated carbocycles. The Hall–Kier alpha value is -4.00. The highest BCUT2D eigenvalue weighted by molar-refractivity contribution is 5.86. The molecule has 0 spiro atoms. The van der Waals surface area contributed by atoms with E-state index in [4.69, 9.17) is 4.98 Å². The summed E-state index contributed by atoms with van der Waals surface area (Å²) in [6.45, 7) is 4.83. The Kier molecular flexibility index (Phi) is 4.92. The molecular formula is C24H23N7. The van der Waals surface area contributed by atoms with Gasteiger partial charge in [-0.25, -0.2) is 9.97 Å². The van der Waals surface area contributed by atoms with Crippen molar-refractivity contribution in [1.29, 1.82) is 0 Å². The molecule has 0 unspecified atom stereocenters. The molecule has 31 heavy (non-hydrogen) atoms. The highest BCUT2D eigenvalue weighted by atomic mass is 15.2. The topological polar surface area (TPSA) is 91.4 Å². The number of H-pyrrole nitrogens is 1. The fourth-order valence-electron chi connectivity index (χ4n) is 3.61. The third-order valence-corrected chi connectivity index (χ3v) is 5.24. The molecule has 0 aliphatic carbocycles. The summed E-state index contributed by atoms with van der Waals surface area (Å²) in [4.78, 5) is 21.5. The SMILES string of the molecule is Cc1ccc(C)c(Nc2nc(NCCc3cc4ccccc4[nH]3)nc3nccnc23)c1. The van der Waals surface area contributed by atoms with Gasteiger partial charge in [-0.2, -0.15) is 9.97 Å². The van der Waals surface area contributed by atoms with Gasteiger partial charge in [0.15, 0.2) is 17.0 Å². The fourth-order valence-corrected chi connectivity index (χ4v) is 3.61. The van der Waals surface area contributed by atoms with Crippen molar-refractivity contribution in [2.75, 3.05) is 17.2 Å². The van der Waals surface area contributed by atoms with Crippen molar-refractivity contribution in [3.05, 3.63) is 77.7 Å². The lowest BCUT2D eigenvalue weighted by molar-refractivity contribution is 0.960. The Bertz CT molecular complexity index is 1340. The standard InChI is InChI=1S/C24H23N7/c1-15-7-8-16(2)20(13-15)29-23-21-22(26-12-11-25-21)30-24(31-23)27-10-9-18-14-17-5-3-4-6-19(17)28-18/h3-8,11-14,28H,9-10H2,1-2H3,(H2,26,27,29,30,31). The van der Waals surface area contributed by atoms with Crippen LogP contribution in [-0.4, -0.2) is 31.5 Å². The molecule has 0 radical (unpaired) electrons. The lowest BCUT2D eigenvalue weighted by atomic mass is 10.1. The van der Waals surface area contributed by atoms with Gasteiger partial charge in [0.05, 0.1) is 0 Å². The minimum Gasteiger partial charge on any atom is -0.358 e. The number of nitrogens with zero attached hydrogens (tertiary/aromatic N) is 4. The van der Waals surface area contributed by atoms with Gasteiger partial charge in [-0.15, -0.1) is 0 Å². The molecule has 0 amide bonds. The average molecular weight is 409 g/mol. The molecule has 0 atom stereocenters. The Morgan fingerprint density at radius 3 is 2.71 bits per heavy atom. The summed E-state index contributed by atoms with van der Waals surface area (Å²) in [6.07, 6.45) is 4.13. The van der Waals surface area contributed by atoms with E-state index in [1.165, 1.54) is 16.6 Å². The van der Waals surface area contributed by atoms with Gasteiger partial charge in [0.1, 0.15) is 0 Å². The van der Waals surface area contributed by atoms with Gasteiger partial charge in [0.2, 0.25) is 5.95 Å². The second-order valence-corrected chi connectivity index (χ2v) is 7.63. The lowest BCUT2D eigenvalue weighted by Crippen LogP contribution is -2.10. The number of aryl methyl sites for hydroxylation is 2. The molecule has 154 valence electrons. The summed E-state index contributed by atoms with van der Waals surface area (Å²) in [5.74, 6) is 1.16. The number of benzene rings is 2. The zero-order valence-electron chi connectivity index (χ0n) is 17.5. The minimum atomic E-state index is 0.525. The second-order valence-electron chi connectivity index (χ2n) is 7.63. The first-order valence-corrected chi connectivity index (χ1v) is 10.3. The quantitative estimate of drug-likeness (QED) is 0.369. The lowest BCUT2D eigenvalue weighted by Gasteiger charge is -2.13. The van der Waals surface area contributed by atoms with Crippen LogP contribution in [0.15, 0.2) is 60.9 Å². The number of fused-ring (bicyclic) bond motifs is 2. The number of hydrogen-bond acceptors (Lipinski definition) is 6. The van der Waals surface area contributed by atoms with E-state index in [0.717, 1.165) is 23.2 Å². The van der Waals surface area contributed by atoms with Crippen molar-refractivity contribution in [1.82, 2.24) is 24.9 Å². The van der Waals surface area contributed by atoms with Gasteiger partial charge in [-0.1, -0.05) is 30.3 Å². The van der Waals surface area contributed by atoms with Gasteiger partial charge in [-0.05, 0) is 48.6 Å². The predicted molar refractivity (Wildman–Crippen MR) is 125 cm³/mol. The second kappa shape index (κ2) is 8.02. The molecule has 0 fully saturated rings. The third kappa shape index (κ3) is 4.02. The number of nitrogens with one attached hydrogen (secondary N) is 3. The molecule has 0 aliphatic heterocycles. The van der Waals surface area contributed by atoms with Gasteiger partial charge in [0.25, 0.3) is 0 Å². The van der Waals surface area contributed by atoms with E-state index in [1.807, 2.05) is 12.1 Å². The van der Waals surface area contributed by atoms with Gasteiger partial charge < -0.3 is 15.6 Å². The smallest absolute Gasteiger partial charge is 0.226 e. The van der Waals surface area contributed by atoms with Crippen LogP contribution in [0.25, 0.3) is 22.1 Å². The maximum atomic E-state index is 4.69. The van der Waals surface area contributed by atoms with Crippen LogP contribution >= 0.6 is 0 Å². The molecule has 2 aromatic carbocycles. The van der Waals surface area contributed by atoms with Crippen molar-refractivity contribution in [3.63, 3.8) is 0 Å². The largest absolute Gasteiger partial charge is 0.358 e. The zero-order chi connectivity index (χ0) is 21.2. The summed E-state index contributed by atoms with van der Waals surface area (Å²) in [6, 6.07) is 16.7. The van der Waals surface area contributed by atoms with Crippen molar-refractivity contribution in [3.8, 4) is 0 Å². The number of para-hydroxylation sites is 1. The van der Waals surface area contributed by atoms with Crippen LogP contribution in [0.4, 0.5) is 17.5 Å². The Balaban J connectivity index is 1.39. The van der Waals surface area contributed by atoms with Crippen LogP contribution in [0.3, 0.4) is 0 Å². The number of anilines is 3. The van der Waals surface area contributed by atoms with E-state index in [9.17, 15) is 0 Å². The van der Waals surface area contributed by atoms with E-state index in [1.54, 1.807) is 12.4 Å². The molecule has 0 aliphatic rings. The number of rotatable bonds is 6. The number of aromatic amines is 1. The molecular weight excluding hydrogens is 386 g/mol. The molecule has 7 nitrogen and oxygen atoms in total. The van der Waals surface area contributed by atoms with Crippen LogP contribution in [0.2, 0.25) is 0 Å². The summed E-state index contributed by atoms with van der Waals surface area (Å²) >= 11 is 0. The number of hydrogen-bond donors (Lipinski definition) is 3. The highest BCUT2D eigenvalue weighted by Crippen LogP contribution is 2.25. The fraction of sp³-hybridized carbons (Fsp3) is 0.167. The van der Waals surface area contributed by atoms with Gasteiger partial charge in [0, 0.05) is 42.3 Å². The Labute approximate surface area is 180 Å². The molecule has 7 heteroatoms. The molecule has 3 aromatic heterocycles. The van der Waals surface area contributed by atoms with Crippen LogP contribution in [0.5, 0.6) is 0 Å². The van der Waals surface area contributed by atoms with Crippen LogP contribution < -0.4 is 10.6 Å². The maximum Gasteiger partial charge on any atom is 0.226 e. The predicted octanol–water partition coefficient (Wildman–Crippen LogP) is 4.92. The van der Waals surface area contributed by atoms with Gasteiger partial charge >= 0.3 is 0 Å². The Morgan fingerprint density at radius 1 is 0.935 bits per heavy atom. The monoisotopic (exact) mass is 409 g/mol. The summed E-state index contributed by atoms with van der Waals surface area (Å²) < 4.78 is 0. The minimum absolute atomic E-state index is 0.525. The van der Waals surface area contributed by atoms with E-state index < -0.39 is 0 Å². The van der Waals surface area contributed by atoms with Gasteiger partial charge in [-0.3, -0.25) is 0 Å². The molecule has 0 bridgehead atoms. The van der Waals surface area contributed by atoms with E-state index in [2.05, 4.69) is 80.8 Å². The first-order valence-electron chi connectivity index (χ1n) is 10.3. The third-order valence-electron chi connectivity index (χ3n) is 5.24.